The fraction of sp³-hybridized carbons (Fsp3) is 0.571. The lowest BCUT2D eigenvalue weighted by Crippen LogP contribution is -2.39. The molecule has 3 N–H and O–H groups in total. The molecular weight excluding hydrogens is 297 g/mol. The molecule has 0 radical (unpaired) electrons. The van der Waals surface area contributed by atoms with Crippen molar-refractivity contribution in [3.63, 3.8) is 0 Å². The highest BCUT2D eigenvalue weighted by Gasteiger charge is 2.35. The molecule has 0 bridgehead atoms. The Balaban J connectivity index is 0.00000289. The van der Waals surface area contributed by atoms with E-state index in [1.54, 1.807) is 0 Å². The van der Waals surface area contributed by atoms with Crippen molar-refractivity contribution in [3.05, 3.63) is 5.01 Å². The summed E-state index contributed by atoms with van der Waals surface area (Å²) in [6, 6.07) is -0.974. The summed E-state index contributed by atoms with van der Waals surface area (Å²) in [5.41, 5.74) is 5.37. The zero-order chi connectivity index (χ0) is 13.1. The zero-order valence-corrected chi connectivity index (χ0v) is 10.7. The first kappa shape index (κ1) is 17.0. The molecule has 0 spiro atoms. The fourth-order valence-electron chi connectivity index (χ4n) is 0.842. The smallest absolute Gasteiger partial charge is 0.383 e. The van der Waals surface area contributed by atoms with Gasteiger partial charge in [-0.1, -0.05) is 11.3 Å². The second-order valence-electron chi connectivity index (χ2n) is 2.96. The molecule has 1 aromatic rings. The molecule has 104 valence electrons. The van der Waals surface area contributed by atoms with E-state index in [1.807, 2.05) is 0 Å². The third kappa shape index (κ3) is 4.72. The van der Waals surface area contributed by atoms with Gasteiger partial charge in [0.15, 0.2) is 0 Å². The number of nitrogens with two attached hydrogens (primary N) is 1. The van der Waals surface area contributed by atoms with Gasteiger partial charge in [0.25, 0.3) is 0 Å². The van der Waals surface area contributed by atoms with Crippen molar-refractivity contribution >= 4 is 34.8 Å². The summed E-state index contributed by atoms with van der Waals surface area (Å²) in [7, 11) is 1.35. The van der Waals surface area contributed by atoms with Gasteiger partial charge in [0.05, 0.1) is 6.61 Å². The topological polar surface area (TPSA) is 90.1 Å². The summed E-state index contributed by atoms with van der Waals surface area (Å²) in [6.07, 6.45) is -4.57. The summed E-state index contributed by atoms with van der Waals surface area (Å²) in [5, 5.41) is 6.82. The van der Waals surface area contributed by atoms with Crippen molar-refractivity contribution in [1.82, 2.24) is 10.2 Å². The van der Waals surface area contributed by atoms with E-state index < -0.39 is 23.1 Å². The molecule has 0 saturated carbocycles. The number of amides is 1. The Kier molecular flexibility index (Phi) is 6.46. The highest BCUT2D eigenvalue weighted by Crippen LogP contribution is 2.32. The highest BCUT2D eigenvalue weighted by atomic mass is 35.5. The Morgan fingerprint density at radius 3 is 2.61 bits per heavy atom. The van der Waals surface area contributed by atoms with Crippen LogP contribution in [0.1, 0.15) is 5.01 Å². The van der Waals surface area contributed by atoms with E-state index in [0.29, 0.717) is 0 Å². The zero-order valence-electron chi connectivity index (χ0n) is 9.02. The number of rotatable bonds is 4. The van der Waals surface area contributed by atoms with E-state index in [0.717, 1.165) is 0 Å². The van der Waals surface area contributed by atoms with E-state index in [4.69, 9.17) is 5.73 Å². The molecule has 11 heteroatoms. The van der Waals surface area contributed by atoms with E-state index in [1.165, 1.54) is 7.11 Å². The Bertz CT molecular complexity index is 400. The van der Waals surface area contributed by atoms with Crippen LogP contribution in [0.3, 0.4) is 0 Å². The Morgan fingerprint density at radius 2 is 2.17 bits per heavy atom. The minimum atomic E-state index is -4.57. The predicted molar refractivity (Wildman–Crippen MR) is 60.6 cm³/mol. The maximum absolute atomic E-state index is 12.2. The van der Waals surface area contributed by atoms with Crippen LogP contribution in [-0.2, 0) is 15.7 Å². The second-order valence-corrected chi connectivity index (χ2v) is 3.94. The van der Waals surface area contributed by atoms with Crippen LogP contribution in [0, 0.1) is 0 Å². The van der Waals surface area contributed by atoms with Gasteiger partial charge in [-0.15, -0.1) is 22.6 Å². The van der Waals surface area contributed by atoms with Crippen LogP contribution in [-0.4, -0.2) is 35.9 Å². The van der Waals surface area contributed by atoms with Gasteiger partial charge in [-0.05, 0) is 0 Å². The largest absolute Gasteiger partial charge is 0.445 e. The number of hydrogen-bond acceptors (Lipinski definition) is 6. The summed E-state index contributed by atoms with van der Waals surface area (Å²) >= 11 is 0.228. The number of anilines is 1. The summed E-state index contributed by atoms with van der Waals surface area (Å²) in [4.78, 5) is 11.3. The number of alkyl halides is 3. The molecule has 1 aromatic heterocycles. The van der Waals surface area contributed by atoms with Crippen LogP contribution < -0.4 is 11.1 Å². The van der Waals surface area contributed by atoms with Crippen LogP contribution >= 0.6 is 23.7 Å². The molecule has 0 fully saturated rings. The minimum absolute atomic E-state index is 0. The molecule has 0 aliphatic rings. The van der Waals surface area contributed by atoms with Crippen molar-refractivity contribution in [2.24, 2.45) is 5.73 Å². The Morgan fingerprint density at radius 1 is 1.56 bits per heavy atom. The highest BCUT2D eigenvalue weighted by molar-refractivity contribution is 7.15. The lowest BCUT2D eigenvalue weighted by atomic mass is 10.3. The van der Waals surface area contributed by atoms with Gasteiger partial charge in [0.1, 0.15) is 6.04 Å². The number of hydrogen-bond donors (Lipinski definition) is 2. The third-order valence-corrected chi connectivity index (χ3v) is 2.46. The first-order valence-electron chi connectivity index (χ1n) is 4.30. The number of carbonyl (C=O) groups is 1. The maximum Gasteiger partial charge on any atom is 0.445 e. The molecule has 1 atom stereocenters. The molecular formula is C7H10ClF3N4O2S. The SMILES string of the molecule is COCC(N)C(=O)Nc1nnc(C(F)(F)F)s1.Cl. The number of nitrogens with one attached hydrogen (secondary N) is 1. The van der Waals surface area contributed by atoms with Crippen LogP contribution in [0.2, 0.25) is 0 Å². The average Bonchev–Trinajstić information content (AvgIpc) is 2.66. The number of nitrogens with zero attached hydrogens (tertiary/aromatic N) is 2. The van der Waals surface area contributed by atoms with Crippen LogP contribution in [0.25, 0.3) is 0 Å². The van der Waals surface area contributed by atoms with Gasteiger partial charge >= 0.3 is 6.18 Å². The van der Waals surface area contributed by atoms with Gasteiger partial charge in [-0.25, -0.2) is 0 Å². The minimum Gasteiger partial charge on any atom is -0.383 e. The number of carbonyl (C=O) groups excluding carboxylic acids is 1. The van der Waals surface area contributed by atoms with Crippen LogP contribution in [0.15, 0.2) is 0 Å². The lowest BCUT2D eigenvalue weighted by Gasteiger charge is -2.08. The number of methoxy groups -OCH3 is 1. The number of aromatic nitrogens is 2. The second kappa shape index (κ2) is 6.83. The van der Waals surface area contributed by atoms with E-state index in [9.17, 15) is 18.0 Å². The Labute approximate surface area is 110 Å². The predicted octanol–water partition coefficient (Wildman–Crippen LogP) is 0.891. The van der Waals surface area contributed by atoms with Crippen molar-refractivity contribution < 1.29 is 22.7 Å². The van der Waals surface area contributed by atoms with Gasteiger partial charge in [0, 0.05) is 7.11 Å². The van der Waals surface area contributed by atoms with Crippen molar-refractivity contribution in [2.75, 3.05) is 19.0 Å². The van der Waals surface area contributed by atoms with Crippen LogP contribution in [0.5, 0.6) is 0 Å². The standard InChI is InChI=1S/C7H9F3N4O2S.ClH/c1-16-2-3(11)4(15)12-6-14-13-5(17-6)7(8,9)10;/h3H,2,11H2,1H3,(H,12,14,15);1H. The maximum atomic E-state index is 12.2. The van der Waals surface area contributed by atoms with E-state index >= 15 is 0 Å². The molecule has 0 aliphatic carbocycles. The van der Waals surface area contributed by atoms with Crippen molar-refractivity contribution in [3.8, 4) is 0 Å². The molecule has 6 nitrogen and oxygen atoms in total. The first-order valence-corrected chi connectivity index (χ1v) is 5.12. The van der Waals surface area contributed by atoms with Crippen LogP contribution in [0.4, 0.5) is 18.3 Å². The Hall–Kier alpha value is -0.970. The molecule has 0 aromatic carbocycles. The molecule has 0 saturated heterocycles. The van der Waals surface area contributed by atoms with E-state index in [-0.39, 0.29) is 35.5 Å². The van der Waals surface area contributed by atoms with Gasteiger partial charge in [0.2, 0.25) is 16.0 Å². The molecule has 0 aliphatic heterocycles. The number of ether oxygens (including phenoxy) is 1. The molecule has 1 unspecified atom stereocenters. The van der Waals surface area contributed by atoms with Crippen molar-refractivity contribution in [1.29, 1.82) is 0 Å². The number of halogens is 4. The molecule has 1 rings (SSSR count). The quantitative estimate of drug-likeness (QED) is 0.862. The third-order valence-electron chi connectivity index (χ3n) is 1.58. The monoisotopic (exact) mass is 306 g/mol. The lowest BCUT2D eigenvalue weighted by molar-refractivity contribution is -0.138. The average molecular weight is 307 g/mol. The normalized spacial score (nSPS) is 12.7. The van der Waals surface area contributed by atoms with Gasteiger partial charge < -0.3 is 10.5 Å². The summed E-state index contributed by atoms with van der Waals surface area (Å²) in [5.74, 6) is -0.684. The summed E-state index contributed by atoms with van der Waals surface area (Å²) < 4.78 is 41.1. The fourth-order valence-corrected chi connectivity index (χ4v) is 1.46. The van der Waals surface area contributed by atoms with Gasteiger partial charge in [-0.3, -0.25) is 10.1 Å². The molecule has 18 heavy (non-hydrogen) atoms. The molecule has 1 amide bonds. The molecule has 1 heterocycles. The van der Waals surface area contributed by atoms with Crippen molar-refractivity contribution in [2.45, 2.75) is 12.2 Å². The first-order chi connectivity index (χ1) is 7.84. The summed E-state index contributed by atoms with van der Waals surface area (Å²) in [6.45, 7) is -0.0449. The van der Waals surface area contributed by atoms with E-state index in [2.05, 4.69) is 20.3 Å². The van der Waals surface area contributed by atoms with Gasteiger partial charge in [-0.2, -0.15) is 13.2 Å².